The normalized spacial score (nSPS) is 15.9. The Balaban J connectivity index is 2.22. The van der Waals surface area contributed by atoms with E-state index in [9.17, 15) is 4.79 Å². The highest BCUT2D eigenvalue weighted by Crippen LogP contribution is 2.18. The predicted octanol–water partition coefficient (Wildman–Crippen LogP) is 2.14. The van der Waals surface area contributed by atoms with Gasteiger partial charge < -0.3 is 4.90 Å². The van der Waals surface area contributed by atoms with Crippen LogP contribution in [0.1, 0.15) is 15.9 Å². The SMILES string of the molecule is Cc1ccccc1C(=O)N1CCSC1. The molecule has 0 aromatic heterocycles. The molecule has 0 unspecified atom stereocenters. The fraction of sp³-hybridized carbons (Fsp3) is 0.364. The van der Waals surface area contributed by atoms with Crippen molar-refractivity contribution in [2.45, 2.75) is 6.92 Å². The Morgan fingerprint density at radius 1 is 1.43 bits per heavy atom. The van der Waals surface area contributed by atoms with Crippen molar-refractivity contribution in [2.75, 3.05) is 18.2 Å². The monoisotopic (exact) mass is 207 g/mol. The lowest BCUT2D eigenvalue weighted by Gasteiger charge is -2.15. The minimum Gasteiger partial charge on any atom is -0.329 e. The number of carbonyl (C=O) groups excluding carboxylic acids is 1. The molecule has 1 saturated heterocycles. The van der Waals surface area contributed by atoms with Crippen LogP contribution in [-0.4, -0.2) is 29.0 Å². The Bertz CT molecular complexity index is 345. The summed E-state index contributed by atoms with van der Waals surface area (Å²) in [5, 5.41) is 0. The van der Waals surface area contributed by atoms with E-state index in [2.05, 4.69) is 0 Å². The second-order valence-corrected chi connectivity index (χ2v) is 4.50. The molecule has 2 rings (SSSR count). The Hall–Kier alpha value is -0.960. The number of rotatable bonds is 1. The van der Waals surface area contributed by atoms with Gasteiger partial charge in [-0.2, -0.15) is 0 Å². The Labute approximate surface area is 88.3 Å². The van der Waals surface area contributed by atoms with Crippen LogP contribution in [0.3, 0.4) is 0 Å². The van der Waals surface area contributed by atoms with E-state index in [1.54, 1.807) is 0 Å². The van der Waals surface area contributed by atoms with Crippen LogP contribution in [0.15, 0.2) is 24.3 Å². The van der Waals surface area contributed by atoms with Gasteiger partial charge in [-0.25, -0.2) is 0 Å². The molecule has 0 atom stereocenters. The average Bonchev–Trinajstić information content (AvgIpc) is 2.70. The van der Waals surface area contributed by atoms with Crippen LogP contribution in [0.5, 0.6) is 0 Å². The summed E-state index contributed by atoms with van der Waals surface area (Å²) in [5.41, 5.74) is 1.91. The van der Waals surface area contributed by atoms with Gasteiger partial charge in [-0.3, -0.25) is 4.79 Å². The van der Waals surface area contributed by atoms with E-state index in [0.717, 1.165) is 29.3 Å². The highest BCUT2D eigenvalue weighted by atomic mass is 32.2. The maximum atomic E-state index is 12.0. The number of carbonyl (C=O) groups is 1. The molecule has 2 nitrogen and oxygen atoms in total. The van der Waals surface area contributed by atoms with Crippen molar-refractivity contribution in [1.82, 2.24) is 4.90 Å². The fourth-order valence-corrected chi connectivity index (χ4v) is 2.50. The molecule has 1 amide bonds. The summed E-state index contributed by atoms with van der Waals surface area (Å²) in [6, 6.07) is 7.77. The van der Waals surface area contributed by atoms with Crippen LogP contribution in [0.4, 0.5) is 0 Å². The summed E-state index contributed by atoms with van der Waals surface area (Å²) in [6.07, 6.45) is 0. The molecule has 1 aromatic rings. The molecule has 0 radical (unpaired) electrons. The van der Waals surface area contributed by atoms with Crippen molar-refractivity contribution in [3.05, 3.63) is 35.4 Å². The standard InChI is InChI=1S/C11H13NOS/c1-9-4-2-3-5-10(9)11(13)12-6-7-14-8-12/h2-5H,6-8H2,1H3. The first-order valence-electron chi connectivity index (χ1n) is 4.71. The zero-order chi connectivity index (χ0) is 9.97. The molecule has 1 fully saturated rings. The van der Waals surface area contributed by atoms with E-state index >= 15 is 0 Å². The maximum Gasteiger partial charge on any atom is 0.254 e. The summed E-state index contributed by atoms with van der Waals surface area (Å²) in [6.45, 7) is 2.87. The lowest BCUT2D eigenvalue weighted by atomic mass is 10.1. The van der Waals surface area contributed by atoms with Gasteiger partial charge in [-0.05, 0) is 18.6 Å². The second-order valence-electron chi connectivity index (χ2n) is 3.42. The number of thioether (sulfide) groups is 1. The first-order chi connectivity index (χ1) is 6.79. The number of amides is 1. The van der Waals surface area contributed by atoms with Gasteiger partial charge in [-0.1, -0.05) is 18.2 Å². The van der Waals surface area contributed by atoms with Crippen LogP contribution < -0.4 is 0 Å². The topological polar surface area (TPSA) is 20.3 Å². The van der Waals surface area contributed by atoms with E-state index in [1.807, 2.05) is 47.9 Å². The zero-order valence-electron chi connectivity index (χ0n) is 8.19. The van der Waals surface area contributed by atoms with Gasteiger partial charge in [0.05, 0.1) is 5.88 Å². The lowest BCUT2D eigenvalue weighted by molar-refractivity contribution is 0.0802. The summed E-state index contributed by atoms with van der Waals surface area (Å²) in [7, 11) is 0. The third-order valence-electron chi connectivity index (χ3n) is 2.42. The van der Waals surface area contributed by atoms with Crippen molar-refractivity contribution < 1.29 is 4.79 Å². The third-order valence-corrected chi connectivity index (χ3v) is 3.38. The Morgan fingerprint density at radius 2 is 2.21 bits per heavy atom. The van der Waals surface area contributed by atoms with Gasteiger partial charge in [0, 0.05) is 17.9 Å². The minimum absolute atomic E-state index is 0.174. The Morgan fingerprint density at radius 3 is 2.86 bits per heavy atom. The maximum absolute atomic E-state index is 12.0. The van der Waals surface area contributed by atoms with Gasteiger partial charge >= 0.3 is 0 Å². The van der Waals surface area contributed by atoms with Gasteiger partial charge in [0.2, 0.25) is 0 Å². The molecule has 0 spiro atoms. The van der Waals surface area contributed by atoms with E-state index in [-0.39, 0.29) is 5.91 Å². The number of hydrogen-bond acceptors (Lipinski definition) is 2. The molecule has 0 N–H and O–H groups in total. The molecular formula is C11H13NOS. The van der Waals surface area contributed by atoms with E-state index < -0.39 is 0 Å². The summed E-state index contributed by atoms with van der Waals surface area (Å²) >= 11 is 1.82. The van der Waals surface area contributed by atoms with E-state index in [0.29, 0.717) is 0 Å². The molecule has 14 heavy (non-hydrogen) atoms. The van der Waals surface area contributed by atoms with E-state index in [1.165, 1.54) is 0 Å². The van der Waals surface area contributed by atoms with E-state index in [4.69, 9.17) is 0 Å². The first kappa shape index (κ1) is 9.59. The Kier molecular flexibility index (Phi) is 2.77. The van der Waals surface area contributed by atoms with Crippen molar-refractivity contribution in [2.24, 2.45) is 0 Å². The van der Waals surface area contributed by atoms with Gasteiger partial charge in [-0.15, -0.1) is 11.8 Å². The average molecular weight is 207 g/mol. The second kappa shape index (κ2) is 4.05. The summed E-state index contributed by atoms with van der Waals surface area (Å²) in [4.78, 5) is 13.9. The lowest BCUT2D eigenvalue weighted by Crippen LogP contribution is -2.28. The number of benzene rings is 1. The van der Waals surface area contributed by atoms with Crippen LogP contribution in [-0.2, 0) is 0 Å². The van der Waals surface area contributed by atoms with Crippen molar-refractivity contribution in [3.8, 4) is 0 Å². The van der Waals surface area contributed by atoms with Crippen molar-refractivity contribution in [3.63, 3.8) is 0 Å². The number of hydrogen-bond donors (Lipinski definition) is 0. The number of nitrogens with zero attached hydrogens (tertiary/aromatic N) is 1. The quantitative estimate of drug-likeness (QED) is 0.703. The molecule has 1 aromatic carbocycles. The number of aryl methyl sites for hydroxylation is 1. The van der Waals surface area contributed by atoms with Crippen LogP contribution in [0.2, 0.25) is 0 Å². The molecule has 0 bridgehead atoms. The van der Waals surface area contributed by atoms with Gasteiger partial charge in [0.15, 0.2) is 0 Å². The molecular weight excluding hydrogens is 194 g/mol. The highest BCUT2D eigenvalue weighted by molar-refractivity contribution is 7.99. The van der Waals surface area contributed by atoms with Crippen LogP contribution in [0, 0.1) is 6.92 Å². The fourth-order valence-electron chi connectivity index (χ4n) is 1.56. The molecule has 1 heterocycles. The molecule has 0 saturated carbocycles. The smallest absolute Gasteiger partial charge is 0.254 e. The van der Waals surface area contributed by atoms with Crippen LogP contribution in [0.25, 0.3) is 0 Å². The third kappa shape index (κ3) is 1.77. The summed E-state index contributed by atoms with van der Waals surface area (Å²) < 4.78 is 0. The zero-order valence-corrected chi connectivity index (χ0v) is 9.01. The largest absolute Gasteiger partial charge is 0.329 e. The molecule has 3 heteroatoms. The van der Waals surface area contributed by atoms with Crippen molar-refractivity contribution in [1.29, 1.82) is 0 Å². The predicted molar refractivity (Wildman–Crippen MR) is 59.5 cm³/mol. The minimum atomic E-state index is 0.174. The molecule has 74 valence electrons. The highest BCUT2D eigenvalue weighted by Gasteiger charge is 2.20. The molecule has 0 aliphatic carbocycles. The first-order valence-corrected chi connectivity index (χ1v) is 5.87. The van der Waals surface area contributed by atoms with Crippen LogP contribution >= 0.6 is 11.8 Å². The molecule has 1 aliphatic rings. The van der Waals surface area contributed by atoms with Crippen molar-refractivity contribution >= 4 is 17.7 Å². The summed E-state index contributed by atoms with van der Waals surface area (Å²) in [5.74, 6) is 2.08. The molecule has 1 aliphatic heterocycles. The van der Waals surface area contributed by atoms with Gasteiger partial charge in [0.25, 0.3) is 5.91 Å². The van der Waals surface area contributed by atoms with Gasteiger partial charge in [0.1, 0.15) is 0 Å².